The standard InChI is InChI=1S/C37H33N/c1-2-8-31-26(7-1)11-12-28-23-27(15-19-32(28)31)25-13-16-29(17-14-25)38-30-18-20-36-34(24-30)33-9-3-4-10-35(33)37(36)21-5-6-22-37/h1-4,7-11,13-20,24,27-28,38H,5-6,12,21-23H2. The first-order chi connectivity index (χ1) is 18.8. The number of fused-ring (bicyclic) bond motifs is 7. The summed E-state index contributed by atoms with van der Waals surface area (Å²) in [6.45, 7) is 0. The summed E-state index contributed by atoms with van der Waals surface area (Å²) in [5.74, 6) is 1.10. The molecule has 4 aliphatic carbocycles. The van der Waals surface area contributed by atoms with Gasteiger partial charge in [0.25, 0.3) is 0 Å². The van der Waals surface area contributed by atoms with Crippen LogP contribution in [0.1, 0.15) is 61.1 Å². The quantitative estimate of drug-likeness (QED) is 0.306. The number of allylic oxidation sites excluding steroid dienone is 2. The summed E-state index contributed by atoms with van der Waals surface area (Å²) >= 11 is 0. The predicted octanol–water partition coefficient (Wildman–Crippen LogP) is 7.97. The van der Waals surface area contributed by atoms with Crippen LogP contribution in [0.15, 0.2) is 103 Å². The fourth-order valence-electron chi connectivity index (χ4n) is 7.90. The molecule has 0 aliphatic heterocycles. The Morgan fingerprint density at radius 2 is 1.47 bits per heavy atom. The molecule has 0 heterocycles. The summed E-state index contributed by atoms with van der Waals surface area (Å²) < 4.78 is 0. The predicted molar refractivity (Wildman–Crippen MR) is 159 cm³/mol. The molecule has 1 heteroatoms. The van der Waals surface area contributed by atoms with E-state index in [1.807, 2.05) is 0 Å². The summed E-state index contributed by atoms with van der Waals surface area (Å²) in [7, 11) is 0. The monoisotopic (exact) mass is 491 g/mol. The zero-order valence-electron chi connectivity index (χ0n) is 21.8. The van der Waals surface area contributed by atoms with Crippen LogP contribution in [0.2, 0.25) is 0 Å². The van der Waals surface area contributed by atoms with Crippen LogP contribution in [0.3, 0.4) is 0 Å². The van der Waals surface area contributed by atoms with Gasteiger partial charge in [0.05, 0.1) is 0 Å². The lowest BCUT2D eigenvalue weighted by molar-refractivity contribution is 0.550. The van der Waals surface area contributed by atoms with E-state index in [2.05, 4.69) is 115 Å². The fraction of sp³-hybridized carbons (Fsp3) is 0.243. The van der Waals surface area contributed by atoms with Gasteiger partial charge >= 0.3 is 0 Å². The highest BCUT2D eigenvalue weighted by molar-refractivity contribution is 5.84. The average Bonchev–Trinajstić information content (AvgIpc) is 3.57. The van der Waals surface area contributed by atoms with E-state index in [0.29, 0.717) is 11.8 Å². The van der Waals surface area contributed by atoms with Crippen LogP contribution in [-0.2, 0) is 5.41 Å². The molecule has 0 amide bonds. The molecule has 2 atom stereocenters. The molecule has 0 saturated heterocycles. The van der Waals surface area contributed by atoms with Gasteiger partial charge in [-0.15, -0.1) is 0 Å². The van der Waals surface area contributed by atoms with Gasteiger partial charge in [0.15, 0.2) is 0 Å². The maximum atomic E-state index is 3.70. The summed E-state index contributed by atoms with van der Waals surface area (Å²) in [4.78, 5) is 0. The molecule has 0 bridgehead atoms. The van der Waals surface area contributed by atoms with Crippen LogP contribution in [0.4, 0.5) is 11.4 Å². The minimum absolute atomic E-state index is 0.245. The first kappa shape index (κ1) is 22.2. The third-order valence-electron chi connectivity index (χ3n) is 9.73. The van der Waals surface area contributed by atoms with E-state index in [-0.39, 0.29) is 5.41 Å². The summed E-state index contributed by atoms with van der Waals surface area (Å²) in [6, 6.07) is 34.2. The lowest BCUT2D eigenvalue weighted by atomic mass is 9.76. The van der Waals surface area contributed by atoms with Crippen LogP contribution in [-0.4, -0.2) is 0 Å². The molecule has 8 rings (SSSR count). The van der Waals surface area contributed by atoms with Gasteiger partial charge in [0.1, 0.15) is 0 Å². The molecule has 4 aromatic rings. The molecule has 1 fully saturated rings. The molecule has 1 nitrogen and oxygen atoms in total. The Bertz CT molecular complexity index is 1700. The van der Waals surface area contributed by atoms with E-state index in [0.717, 1.165) is 12.1 Å². The van der Waals surface area contributed by atoms with Crippen molar-refractivity contribution < 1.29 is 0 Å². The summed E-state index contributed by atoms with van der Waals surface area (Å²) in [5, 5.41) is 6.52. The van der Waals surface area contributed by atoms with Crippen molar-refractivity contribution in [3.63, 3.8) is 0 Å². The number of hydrogen-bond donors (Lipinski definition) is 1. The van der Waals surface area contributed by atoms with Crippen LogP contribution >= 0.6 is 0 Å². The average molecular weight is 492 g/mol. The lowest BCUT2D eigenvalue weighted by Crippen LogP contribution is -2.33. The Kier molecular flexibility index (Phi) is 5.02. The van der Waals surface area contributed by atoms with Crippen LogP contribution in [0.5, 0.6) is 0 Å². The number of rotatable bonds is 3. The Morgan fingerprint density at radius 3 is 2.37 bits per heavy atom. The van der Waals surface area contributed by atoms with Crippen molar-refractivity contribution in [2.45, 2.75) is 49.9 Å². The van der Waals surface area contributed by atoms with E-state index in [9.17, 15) is 0 Å². The first-order valence-electron chi connectivity index (χ1n) is 14.4. The molecular formula is C37H33N. The van der Waals surface area contributed by atoms with Crippen molar-refractivity contribution in [2.75, 3.05) is 5.32 Å². The van der Waals surface area contributed by atoms with Crippen LogP contribution in [0.25, 0.3) is 22.8 Å². The Labute approximate surface area is 225 Å². The minimum Gasteiger partial charge on any atom is -0.356 e. The zero-order chi connectivity index (χ0) is 25.1. The molecule has 0 aromatic heterocycles. The third kappa shape index (κ3) is 3.38. The zero-order valence-corrected chi connectivity index (χ0v) is 21.8. The lowest BCUT2D eigenvalue weighted by Gasteiger charge is -2.29. The van der Waals surface area contributed by atoms with Crippen molar-refractivity contribution in [1.82, 2.24) is 0 Å². The first-order valence-corrected chi connectivity index (χ1v) is 14.4. The number of nitrogens with one attached hydrogen (secondary N) is 1. The number of anilines is 2. The third-order valence-corrected chi connectivity index (χ3v) is 9.73. The van der Waals surface area contributed by atoms with Crippen LogP contribution in [0, 0.1) is 5.92 Å². The molecular weight excluding hydrogens is 458 g/mol. The van der Waals surface area contributed by atoms with Crippen molar-refractivity contribution in [3.8, 4) is 11.1 Å². The maximum absolute atomic E-state index is 3.70. The van der Waals surface area contributed by atoms with Crippen molar-refractivity contribution >= 4 is 23.0 Å². The van der Waals surface area contributed by atoms with Crippen molar-refractivity contribution in [2.24, 2.45) is 5.92 Å². The molecule has 1 saturated carbocycles. The Hall–Kier alpha value is -3.84. The van der Waals surface area contributed by atoms with Crippen molar-refractivity contribution in [1.29, 1.82) is 0 Å². The summed E-state index contributed by atoms with van der Waals surface area (Å²) in [6.07, 6.45) is 14.8. The van der Waals surface area contributed by atoms with Gasteiger partial charge in [0, 0.05) is 22.7 Å². The van der Waals surface area contributed by atoms with E-state index in [4.69, 9.17) is 0 Å². The molecule has 4 aromatic carbocycles. The van der Waals surface area contributed by atoms with Gasteiger partial charge in [-0.1, -0.05) is 97.8 Å². The van der Waals surface area contributed by atoms with Gasteiger partial charge in [-0.2, -0.15) is 0 Å². The van der Waals surface area contributed by atoms with E-state index in [1.165, 1.54) is 70.5 Å². The van der Waals surface area contributed by atoms with Gasteiger partial charge in [-0.05, 0) is 99.7 Å². The normalized spacial score (nSPS) is 21.8. The highest BCUT2D eigenvalue weighted by Gasteiger charge is 2.44. The smallest absolute Gasteiger partial charge is 0.0390 e. The number of benzene rings is 4. The van der Waals surface area contributed by atoms with Gasteiger partial charge in [-0.3, -0.25) is 0 Å². The highest BCUT2D eigenvalue weighted by atomic mass is 14.9. The topological polar surface area (TPSA) is 12.0 Å². The van der Waals surface area contributed by atoms with Gasteiger partial charge in [0.2, 0.25) is 0 Å². The second-order valence-corrected chi connectivity index (χ2v) is 11.7. The second kappa shape index (κ2) is 8.60. The molecule has 1 spiro atoms. The molecule has 4 aliphatic rings. The van der Waals surface area contributed by atoms with Gasteiger partial charge in [-0.25, -0.2) is 0 Å². The minimum atomic E-state index is 0.245. The van der Waals surface area contributed by atoms with E-state index < -0.39 is 0 Å². The Morgan fingerprint density at radius 1 is 0.711 bits per heavy atom. The second-order valence-electron chi connectivity index (χ2n) is 11.7. The van der Waals surface area contributed by atoms with Crippen molar-refractivity contribution in [3.05, 3.63) is 130 Å². The summed E-state index contributed by atoms with van der Waals surface area (Å²) in [5.41, 5.74) is 11.5. The fourth-order valence-corrected chi connectivity index (χ4v) is 7.90. The van der Waals surface area contributed by atoms with Crippen LogP contribution < -0.4 is 15.8 Å². The highest BCUT2D eigenvalue weighted by Crippen LogP contribution is 2.57. The van der Waals surface area contributed by atoms with Gasteiger partial charge < -0.3 is 5.32 Å². The molecule has 38 heavy (non-hydrogen) atoms. The molecule has 186 valence electrons. The van der Waals surface area contributed by atoms with E-state index >= 15 is 0 Å². The SMILES string of the molecule is C1=CC(c2ccc(Nc3ccc4c(c3)-c3ccccc3C43CCCC3)cc2)CC2CC=c3ccccc3=C12. The molecule has 2 unspecified atom stereocenters. The Balaban J connectivity index is 1.05. The molecule has 1 N–H and O–H groups in total. The number of hydrogen-bond acceptors (Lipinski definition) is 1. The van der Waals surface area contributed by atoms with E-state index in [1.54, 1.807) is 11.1 Å². The maximum Gasteiger partial charge on any atom is 0.0390 e. The molecule has 0 radical (unpaired) electrons. The largest absolute Gasteiger partial charge is 0.356 e.